The van der Waals surface area contributed by atoms with Gasteiger partial charge in [-0.15, -0.1) is 0 Å². The van der Waals surface area contributed by atoms with Gasteiger partial charge in [0.2, 0.25) is 0 Å². The fourth-order valence-electron chi connectivity index (χ4n) is 2.53. The third-order valence-corrected chi connectivity index (χ3v) is 5.92. The van der Waals surface area contributed by atoms with E-state index < -0.39 is 10.0 Å². The molecule has 0 amide bonds. The zero-order chi connectivity index (χ0) is 19.6. The SMILES string of the molecule is CC(C)c1ccc(S(=O)(=O)Nc2ncnc(Cl)c2-c2ccc(Cl)cc2)cc1. The first-order valence-corrected chi connectivity index (χ1v) is 10.4. The number of sulfonamides is 1. The number of hydrogen-bond acceptors (Lipinski definition) is 4. The summed E-state index contributed by atoms with van der Waals surface area (Å²) in [5, 5.41) is 0.694. The summed E-state index contributed by atoms with van der Waals surface area (Å²) >= 11 is 12.1. The van der Waals surface area contributed by atoms with Crippen molar-refractivity contribution in [3.63, 3.8) is 0 Å². The minimum atomic E-state index is -3.84. The molecule has 0 saturated heterocycles. The summed E-state index contributed by atoms with van der Waals surface area (Å²) in [5.41, 5.74) is 2.09. The van der Waals surface area contributed by atoms with Crippen molar-refractivity contribution in [2.45, 2.75) is 24.7 Å². The van der Waals surface area contributed by atoms with Crippen LogP contribution in [0.3, 0.4) is 0 Å². The molecular weight excluding hydrogens is 405 g/mol. The zero-order valence-corrected chi connectivity index (χ0v) is 17.0. The zero-order valence-electron chi connectivity index (χ0n) is 14.6. The van der Waals surface area contributed by atoms with Crippen LogP contribution in [0, 0.1) is 0 Å². The second-order valence-corrected chi connectivity index (χ2v) is 8.70. The molecule has 5 nitrogen and oxygen atoms in total. The predicted octanol–water partition coefficient (Wildman–Crippen LogP) is 5.37. The van der Waals surface area contributed by atoms with Gasteiger partial charge in [-0.05, 0) is 41.3 Å². The highest BCUT2D eigenvalue weighted by atomic mass is 35.5. The summed E-state index contributed by atoms with van der Waals surface area (Å²) in [4.78, 5) is 8.18. The molecule has 0 radical (unpaired) electrons. The third kappa shape index (κ3) is 4.40. The molecule has 0 aliphatic carbocycles. The Bertz CT molecular complexity index is 1050. The van der Waals surface area contributed by atoms with Crippen molar-refractivity contribution in [2.75, 3.05) is 4.72 Å². The summed E-state index contributed by atoms with van der Waals surface area (Å²) in [6, 6.07) is 13.6. The van der Waals surface area contributed by atoms with E-state index in [0.29, 0.717) is 22.1 Å². The molecular formula is C19H17Cl2N3O2S. The second-order valence-electron chi connectivity index (χ2n) is 6.22. The van der Waals surface area contributed by atoms with Crippen LogP contribution in [-0.2, 0) is 10.0 Å². The van der Waals surface area contributed by atoms with Crippen LogP contribution in [-0.4, -0.2) is 18.4 Å². The van der Waals surface area contributed by atoms with Gasteiger partial charge in [0.1, 0.15) is 11.5 Å². The number of benzene rings is 2. The summed E-state index contributed by atoms with van der Waals surface area (Å²) < 4.78 is 28.1. The maximum atomic E-state index is 12.8. The van der Waals surface area contributed by atoms with Crippen LogP contribution in [0.15, 0.2) is 59.8 Å². The van der Waals surface area contributed by atoms with Crippen molar-refractivity contribution >= 4 is 39.0 Å². The molecule has 0 spiro atoms. The number of anilines is 1. The van der Waals surface area contributed by atoms with Crippen LogP contribution in [0.5, 0.6) is 0 Å². The number of hydrogen-bond donors (Lipinski definition) is 1. The Hall–Kier alpha value is -2.15. The van der Waals surface area contributed by atoms with Crippen LogP contribution in [0.25, 0.3) is 11.1 Å². The van der Waals surface area contributed by atoms with Gasteiger partial charge in [0.25, 0.3) is 10.0 Å². The Morgan fingerprint density at radius 3 is 2.15 bits per heavy atom. The minimum absolute atomic E-state index is 0.102. The fourth-order valence-corrected chi connectivity index (χ4v) is 3.92. The molecule has 27 heavy (non-hydrogen) atoms. The quantitative estimate of drug-likeness (QED) is 0.561. The molecule has 3 rings (SSSR count). The van der Waals surface area contributed by atoms with E-state index in [0.717, 1.165) is 5.56 Å². The molecule has 1 aromatic heterocycles. The van der Waals surface area contributed by atoms with Gasteiger partial charge >= 0.3 is 0 Å². The minimum Gasteiger partial charge on any atom is -0.263 e. The lowest BCUT2D eigenvalue weighted by atomic mass is 10.0. The molecule has 1 heterocycles. The smallest absolute Gasteiger partial charge is 0.263 e. The van der Waals surface area contributed by atoms with Crippen LogP contribution in [0.2, 0.25) is 10.2 Å². The van der Waals surface area contributed by atoms with Crippen molar-refractivity contribution in [2.24, 2.45) is 0 Å². The van der Waals surface area contributed by atoms with E-state index in [9.17, 15) is 8.42 Å². The first-order chi connectivity index (χ1) is 12.8. The molecule has 0 unspecified atom stereocenters. The summed E-state index contributed by atoms with van der Waals surface area (Å²) in [6.45, 7) is 4.09. The molecule has 140 valence electrons. The topological polar surface area (TPSA) is 72.0 Å². The van der Waals surface area contributed by atoms with Crippen molar-refractivity contribution in [3.05, 3.63) is 70.6 Å². The molecule has 0 aliphatic heterocycles. The standard InChI is InChI=1S/C19H17Cl2N3O2S/c1-12(2)13-5-9-16(10-6-13)27(25,26)24-19-17(18(21)22-11-23-19)14-3-7-15(20)8-4-14/h3-12H,1-2H3,(H,22,23,24). The lowest BCUT2D eigenvalue weighted by Gasteiger charge is -2.13. The highest BCUT2D eigenvalue weighted by molar-refractivity contribution is 7.92. The molecule has 0 bridgehead atoms. The number of halogens is 2. The van der Waals surface area contributed by atoms with Crippen LogP contribution in [0.1, 0.15) is 25.3 Å². The lowest BCUT2D eigenvalue weighted by molar-refractivity contribution is 0.601. The Morgan fingerprint density at radius 2 is 1.56 bits per heavy atom. The van der Waals surface area contributed by atoms with Crippen LogP contribution >= 0.6 is 23.2 Å². The van der Waals surface area contributed by atoms with E-state index in [1.54, 1.807) is 48.5 Å². The first kappa shape index (κ1) is 19.6. The van der Waals surface area contributed by atoms with Gasteiger partial charge in [-0.1, -0.05) is 61.3 Å². The monoisotopic (exact) mass is 421 g/mol. The van der Waals surface area contributed by atoms with Crippen LogP contribution < -0.4 is 4.72 Å². The molecule has 8 heteroatoms. The molecule has 0 atom stereocenters. The number of aromatic nitrogens is 2. The van der Waals surface area contributed by atoms with Crippen LogP contribution in [0.4, 0.5) is 5.82 Å². The third-order valence-electron chi connectivity index (χ3n) is 4.02. The molecule has 0 fully saturated rings. The van der Waals surface area contributed by atoms with E-state index in [1.165, 1.54) is 6.33 Å². The average molecular weight is 422 g/mol. The van der Waals surface area contributed by atoms with Gasteiger partial charge in [0.15, 0.2) is 5.82 Å². The Kier molecular flexibility index (Phi) is 5.69. The highest BCUT2D eigenvalue weighted by Gasteiger charge is 2.20. The van der Waals surface area contributed by atoms with Crippen molar-refractivity contribution in [1.29, 1.82) is 0 Å². The van der Waals surface area contributed by atoms with E-state index in [-0.39, 0.29) is 15.9 Å². The van der Waals surface area contributed by atoms with Crippen molar-refractivity contribution < 1.29 is 8.42 Å². The maximum Gasteiger partial charge on any atom is 0.263 e. The molecule has 3 aromatic rings. The van der Waals surface area contributed by atoms with E-state index >= 15 is 0 Å². The van der Waals surface area contributed by atoms with E-state index in [2.05, 4.69) is 14.7 Å². The van der Waals surface area contributed by atoms with Gasteiger partial charge in [-0.2, -0.15) is 0 Å². The molecule has 0 aliphatic rings. The Morgan fingerprint density at radius 1 is 0.926 bits per heavy atom. The van der Waals surface area contributed by atoms with Gasteiger partial charge < -0.3 is 0 Å². The molecule has 2 aromatic carbocycles. The van der Waals surface area contributed by atoms with E-state index in [1.807, 2.05) is 13.8 Å². The second kappa shape index (κ2) is 7.84. The van der Waals surface area contributed by atoms with Crippen molar-refractivity contribution in [1.82, 2.24) is 9.97 Å². The first-order valence-electron chi connectivity index (χ1n) is 8.17. The predicted molar refractivity (Wildman–Crippen MR) is 109 cm³/mol. The summed E-state index contributed by atoms with van der Waals surface area (Å²) in [7, 11) is -3.84. The lowest BCUT2D eigenvalue weighted by Crippen LogP contribution is -2.15. The maximum absolute atomic E-state index is 12.8. The largest absolute Gasteiger partial charge is 0.263 e. The number of nitrogens with one attached hydrogen (secondary N) is 1. The number of rotatable bonds is 5. The fraction of sp³-hybridized carbons (Fsp3) is 0.158. The highest BCUT2D eigenvalue weighted by Crippen LogP contribution is 2.33. The van der Waals surface area contributed by atoms with E-state index in [4.69, 9.17) is 23.2 Å². The Balaban J connectivity index is 2.00. The normalized spacial score (nSPS) is 11.6. The summed E-state index contributed by atoms with van der Waals surface area (Å²) in [6.07, 6.45) is 1.21. The van der Waals surface area contributed by atoms with Gasteiger partial charge in [-0.25, -0.2) is 18.4 Å². The number of nitrogens with zero attached hydrogens (tertiary/aromatic N) is 2. The Labute approximate surface area is 168 Å². The van der Waals surface area contributed by atoms with Gasteiger partial charge in [-0.3, -0.25) is 4.72 Å². The molecule has 1 N–H and O–H groups in total. The average Bonchev–Trinajstić information content (AvgIpc) is 2.63. The summed E-state index contributed by atoms with van der Waals surface area (Å²) in [5.74, 6) is 0.414. The van der Waals surface area contributed by atoms with Gasteiger partial charge in [0.05, 0.1) is 10.5 Å². The van der Waals surface area contributed by atoms with Crippen molar-refractivity contribution in [3.8, 4) is 11.1 Å². The van der Waals surface area contributed by atoms with Gasteiger partial charge in [0, 0.05) is 5.02 Å². The molecule has 0 saturated carbocycles.